The van der Waals surface area contributed by atoms with E-state index in [0.29, 0.717) is 24.1 Å². The Morgan fingerprint density at radius 1 is 1.55 bits per heavy atom. The van der Waals surface area contributed by atoms with Gasteiger partial charge in [0.05, 0.1) is 12.1 Å². The lowest BCUT2D eigenvalue weighted by Crippen LogP contribution is -2.38. The Morgan fingerprint density at radius 3 is 3.05 bits per heavy atom. The van der Waals surface area contributed by atoms with E-state index in [0.717, 1.165) is 24.9 Å². The first kappa shape index (κ1) is 14.5. The van der Waals surface area contributed by atoms with Gasteiger partial charge in [-0.05, 0) is 24.8 Å². The van der Waals surface area contributed by atoms with E-state index >= 15 is 0 Å². The van der Waals surface area contributed by atoms with Gasteiger partial charge in [0, 0.05) is 30.5 Å². The molecule has 4 heteroatoms. The normalized spacial score (nSPS) is 18.0. The maximum Gasteiger partial charge on any atom is 0.255 e. The van der Waals surface area contributed by atoms with Gasteiger partial charge in [0.1, 0.15) is 0 Å². The fourth-order valence-electron chi connectivity index (χ4n) is 2.68. The van der Waals surface area contributed by atoms with E-state index in [1.165, 1.54) is 0 Å². The van der Waals surface area contributed by atoms with E-state index in [1.807, 2.05) is 4.90 Å². The minimum absolute atomic E-state index is 0.0603. The molecule has 1 saturated heterocycles. The Balaban J connectivity index is 2.20. The minimum atomic E-state index is 0.0603. The Kier molecular flexibility index (Phi) is 4.75. The molecule has 106 valence electrons. The van der Waals surface area contributed by atoms with E-state index in [2.05, 4.69) is 30.7 Å². The molecule has 1 aromatic rings. The second-order valence-electron chi connectivity index (χ2n) is 5.42. The zero-order valence-electron chi connectivity index (χ0n) is 12.1. The summed E-state index contributed by atoms with van der Waals surface area (Å²) in [6.45, 7) is 5.47. The Labute approximate surface area is 120 Å². The first-order chi connectivity index (χ1) is 9.63. The van der Waals surface area contributed by atoms with Crippen LogP contribution in [-0.2, 0) is 0 Å². The molecule has 2 N–H and O–H groups in total. The van der Waals surface area contributed by atoms with Gasteiger partial charge in [-0.3, -0.25) is 9.78 Å². The van der Waals surface area contributed by atoms with Crippen LogP contribution < -0.4 is 5.73 Å². The molecule has 1 amide bonds. The van der Waals surface area contributed by atoms with Crippen LogP contribution in [0.25, 0.3) is 0 Å². The van der Waals surface area contributed by atoms with Crippen molar-refractivity contribution in [2.45, 2.75) is 32.7 Å². The molecule has 1 fully saturated rings. The molecule has 2 rings (SSSR count). The molecular weight excluding hydrogens is 250 g/mol. The summed E-state index contributed by atoms with van der Waals surface area (Å²) >= 11 is 0. The monoisotopic (exact) mass is 271 g/mol. The summed E-state index contributed by atoms with van der Waals surface area (Å²) in [5.41, 5.74) is 6.71. The Morgan fingerprint density at radius 2 is 2.35 bits per heavy atom. The van der Waals surface area contributed by atoms with Gasteiger partial charge >= 0.3 is 0 Å². The van der Waals surface area contributed by atoms with Crippen LogP contribution >= 0.6 is 0 Å². The van der Waals surface area contributed by atoms with Crippen molar-refractivity contribution in [3.05, 3.63) is 29.6 Å². The van der Waals surface area contributed by atoms with Crippen LogP contribution in [0.5, 0.6) is 0 Å². The molecule has 1 aliphatic rings. The topological polar surface area (TPSA) is 59.2 Å². The van der Waals surface area contributed by atoms with Crippen molar-refractivity contribution in [2.24, 2.45) is 11.7 Å². The molecule has 20 heavy (non-hydrogen) atoms. The fourth-order valence-corrected chi connectivity index (χ4v) is 2.68. The zero-order valence-corrected chi connectivity index (χ0v) is 12.1. The number of amides is 1. The number of hydrogen-bond donors (Lipinski definition) is 1. The molecule has 0 bridgehead atoms. The summed E-state index contributed by atoms with van der Waals surface area (Å²) in [5, 5.41) is 0. The van der Waals surface area contributed by atoms with E-state index < -0.39 is 0 Å². The summed E-state index contributed by atoms with van der Waals surface area (Å²) in [7, 11) is 0. The summed E-state index contributed by atoms with van der Waals surface area (Å²) in [6, 6.07) is 2.13. The van der Waals surface area contributed by atoms with Crippen LogP contribution in [0.2, 0.25) is 0 Å². The third-order valence-electron chi connectivity index (χ3n) is 3.65. The first-order valence-corrected chi connectivity index (χ1v) is 7.08. The van der Waals surface area contributed by atoms with Gasteiger partial charge < -0.3 is 10.6 Å². The van der Waals surface area contributed by atoms with Crippen LogP contribution in [0.15, 0.2) is 18.5 Å². The first-order valence-electron chi connectivity index (χ1n) is 7.08. The highest BCUT2D eigenvalue weighted by Gasteiger charge is 2.31. The average Bonchev–Trinajstić information content (AvgIpc) is 2.94. The van der Waals surface area contributed by atoms with Gasteiger partial charge in [-0.2, -0.15) is 0 Å². The van der Waals surface area contributed by atoms with Crippen LogP contribution in [0.4, 0.5) is 0 Å². The minimum Gasteiger partial charge on any atom is -0.335 e. The number of nitrogens with two attached hydrogens (primary N) is 1. The summed E-state index contributed by atoms with van der Waals surface area (Å²) in [6.07, 6.45) is 5.44. The van der Waals surface area contributed by atoms with Crippen LogP contribution in [0.1, 0.15) is 42.6 Å². The second-order valence-corrected chi connectivity index (χ2v) is 5.42. The molecule has 4 nitrogen and oxygen atoms in total. The van der Waals surface area contributed by atoms with Crippen molar-refractivity contribution >= 4 is 5.91 Å². The molecule has 2 heterocycles. The number of aromatic nitrogens is 1. The molecular formula is C16H21N3O. The number of likely N-dealkylation sites (tertiary alicyclic amines) is 1. The lowest BCUT2D eigenvalue weighted by Gasteiger charge is -2.27. The summed E-state index contributed by atoms with van der Waals surface area (Å²) in [4.78, 5) is 18.7. The molecule has 0 aliphatic carbocycles. The van der Waals surface area contributed by atoms with E-state index in [9.17, 15) is 4.79 Å². The molecule has 1 atom stereocenters. The van der Waals surface area contributed by atoms with Crippen LogP contribution in [0, 0.1) is 17.8 Å². The third kappa shape index (κ3) is 3.17. The fraction of sp³-hybridized carbons (Fsp3) is 0.500. The highest BCUT2D eigenvalue weighted by molar-refractivity contribution is 5.94. The number of carbonyl (C=O) groups excluding carboxylic acids is 1. The third-order valence-corrected chi connectivity index (χ3v) is 3.65. The molecule has 1 aliphatic heterocycles. The van der Waals surface area contributed by atoms with Crippen molar-refractivity contribution in [3.8, 4) is 11.8 Å². The highest BCUT2D eigenvalue weighted by Crippen LogP contribution is 2.25. The molecule has 1 unspecified atom stereocenters. The summed E-state index contributed by atoms with van der Waals surface area (Å²) < 4.78 is 0. The molecule has 0 aromatic carbocycles. The smallest absolute Gasteiger partial charge is 0.255 e. The highest BCUT2D eigenvalue weighted by atomic mass is 16.2. The maximum absolute atomic E-state index is 12.6. The lowest BCUT2D eigenvalue weighted by molar-refractivity contribution is 0.0701. The second kappa shape index (κ2) is 6.53. The van der Waals surface area contributed by atoms with Gasteiger partial charge in [0.25, 0.3) is 5.91 Å². The largest absolute Gasteiger partial charge is 0.335 e. The van der Waals surface area contributed by atoms with Gasteiger partial charge in [-0.15, -0.1) is 0 Å². The predicted octanol–water partition coefficient (Wildman–Crippen LogP) is 1.65. The van der Waals surface area contributed by atoms with Gasteiger partial charge in [-0.1, -0.05) is 25.7 Å². The van der Waals surface area contributed by atoms with Crippen molar-refractivity contribution in [3.63, 3.8) is 0 Å². The quantitative estimate of drug-likeness (QED) is 0.832. The molecule has 1 aromatic heterocycles. The summed E-state index contributed by atoms with van der Waals surface area (Å²) in [5.74, 6) is 6.24. The van der Waals surface area contributed by atoms with Gasteiger partial charge in [0.2, 0.25) is 0 Å². The van der Waals surface area contributed by atoms with Crippen LogP contribution in [-0.4, -0.2) is 34.9 Å². The lowest BCUT2D eigenvalue weighted by atomic mass is 10.0. The van der Waals surface area contributed by atoms with Crippen molar-refractivity contribution in [1.29, 1.82) is 0 Å². The van der Waals surface area contributed by atoms with E-state index in [-0.39, 0.29) is 5.91 Å². The van der Waals surface area contributed by atoms with Crippen molar-refractivity contribution in [1.82, 2.24) is 9.88 Å². The van der Waals surface area contributed by atoms with E-state index in [4.69, 9.17) is 5.73 Å². The maximum atomic E-state index is 12.6. The molecule has 0 radical (unpaired) electrons. The zero-order chi connectivity index (χ0) is 14.5. The van der Waals surface area contributed by atoms with Crippen molar-refractivity contribution in [2.75, 3.05) is 13.1 Å². The van der Waals surface area contributed by atoms with Crippen LogP contribution in [0.3, 0.4) is 0 Å². The Bertz CT molecular complexity index is 542. The number of carbonyl (C=O) groups is 1. The number of rotatable bonds is 2. The molecule has 0 saturated carbocycles. The Hall–Kier alpha value is -1.86. The predicted molar refractivity (Wildman–Crippen MR) is 79.1 cm³/mol. The van der Waals surface area contributed by atoms with Gasteiger partial charge in [-0.25, -0.2) is 0 Å². The number of nitrogens with zero attached hydrogens (tertiary/aromatic N) is 2. The standard InChI is InChI=1S/C16H21N3O/c1-12(2)15-6-4-8-19(15)16(20)14-9-13(5-3-7-17)10-18-11-14/h9-12,15H,4,6-8,17H2,1-2H3. The number of hydrogen-bond acceptors (Lipinski definition) is 3. The number of pyridine rings is 1. The average molecular weight is 271 g/mol. The van der Waals surface area contributed by atoms with Gasteiger partial charge in [0.15, 0.2) is 0 Å². The van der Waals surface area contributed by atoms with Crippen molar-refractivity contribution < 1.29 is 4.79 Å². The SMILES string of the molecule is CC(C)C1CCCN1C(=O)c1cncc(C#CCN)c1. The van der Waals surface area contributed by atoms with E-state index in [1.54, 1.807) is 18.5 Å². The molecule has 0 spiro atoms.